The van der Waals surface area contributed by atoms with Gasteiger partial charge in [0.05, 0.1) is 6.54 Å². The van der Waals surface area contributed by atoms with E-state index in [2.05, 4.69) is 47.6 Å². The van der Waals surface area contributed by atoms with E-state index in [0.29, 0.717) is 12.5 Å². The molecule has 2 aliphatic carbocycles. The molecule has 2 aliphatic rings. The minimum Gasteiger partial charge on any atom is -0.144 e. The van der Waals surface area contributed by atoms with Gasteiger partial charge in [0.1, 0.15) is 0 Å². The summed E-state index contributed by atoms with van der Waals surface area (Å²) in [5, 5.41) is 5.10. The Morgan fingerprint density at radius 3 is 2.90 bits per heavy atom. The first-order chi connectivity index (χ1) is 10.2. The van der Waals surface area contributed by atoms with Gasteiger partial charge in [-0.25, -0.2) is 0 Å². The predicted octanol–water partition coefficient (Wildman–Crippen LogP) is 4.11. The first-order valence-electron chi connectivity index (χ1n) is 7.07. The molecule has 2 atom stereocenters. The molecular weight excluding hydrogens is 281 g/mol. The van der Waals surface area contributed by atoms with E-state index >= 15 is 0 Å². The number of nitrogens with one attached hydrogen (secondary N) is 1. The molecule has 0 radical (unpaired) electrons. The largest absolute Gasteiger partial charge is 0.610 e. The summed E-state index contributed by atoms with van der Waals surface area (Å²) >= 11 is 0. The van der Waals surface area contributed by atoms with Gasteiger partial charge in [0.15, 0.2) is 0 Å². The van der Waals surface area contributed by atoms with Crippen LogP contribution in [0.2, 0.25) is 0 Å². The maximum Gasteiger partial charge on any atom is 0.610 e. The highest BCUT2D eigenvalue weighted by Gasteiger charge is 2.23. The number of rotatable bonds is 3. The zero-order valence-corrected chi connectivity index (χ0v) is 12.3. The maximum absolute atomic E-state index is 10.9. The highest BCUT2D eigenvalue weighted by Crippen LogP contribution is 2.42. The van der Waals surface area contributed by atoms with E-state index in [1.807, 2.05) is 6.07 Å². The van der Waals surface area contributed by atoms with E-state index in [9.17, 15) is 4.57 Å². The number of hydrogen-bond donors (Lipinski definition) is 2. The second-order valence-electron chi connectivity index (χ2n) is 5.52. The third kappa shape index (κ3) is 2.06. The average molecular weight is 296 g/mol. The molecule has 21 heavy (non-hydrogen) atoms. The summed E-state index contributed by atoms with van der Waals surface area (Å²) < 4.78 is 10.9. The smallest absolute Gasteiger partial charge is 0.144 e. The Morgan fingerprint density at radius 2 is 2.05 bits per heavy atom. The molecule has 0 spiro atoms. The highest BCUT2D eigenvalue weighted by atomic mass is 31.1. The van der Waals surface area contributed by atoms with Crippen molar-refractivity contribution in [3.8, 4) is 0 Å². The van der Waals surface area contributed by atoms with Crippen molar-refractivity contribution >= 4 is 31.1 Å². The lowest BCUT2D eigenvalue weighted by Gasteiger charge is -2.26. The lowest BCUT2D eigenvalue weighted by Crippen LogP contribution is -2.09. The standard InChI is InChI=1S/C17H14NO2P/c19-21(20)18-10-14-7-6-13-5-4-11-2-1-3-12-8-9-15(14)17(13)16(11)12/h1,3-9,11H,2,10H2,(H-,18,19,20)/p+1/t11-/m1/s1. The van der Waals surface area contributed by atoms with Crippen LogP contribution in [0, 0.1) is 0 Å². The summed E-state index contributed by atoms with van der Waals surface area (Å²) in [5.74, 6) is 0.457. The molecule has 0 bridgehead atoms. The van der Waals surface area contributed by atoms with Crippen LogP contribution in [0.25, 0.3) is 22.9 Å². The molecule has 2 aromatic carbocycles. The van der Waals surface area contributed by atoms with Crippen LogP contribution in [0.3, 0.4) is 0 Å². The summed E-state index contributed by atoms with van der Waals surface area (Å²) in [6.45, 7) is 0.408. The molecule has 1 unspecified atom stereocenters. The molecule has 0 saturated heterocycles. The molecular formula is C17H15NO2P+. The zero-order valence-electron chi connectivity index (χ0n) is 11.4. The summed E-state index contributed by atoms with van der Waals surface area (Å²) in [7, 11) is -2.32. The Bertz CT molecular complexity index is 823. The fourth-order valence-corrected chi connectivity index (χ4v) is 3.73. The fraction of sp³-hybridized carbons (Fsp3) is 0.176. The van der Waals surface area contributed by atoms with E-state index in [-0.39, 0.29) is 0 Å². The third-order valence-corrected chi connectivity index (χ3v) is 4.78. The van der Waals surface area contributed by atoms with Gasteiger partial charge in [0.2, 0.25) is 0 Å². The van der Waals surface area contributed by atoms with Crippen LogP contribution in [-0.2, 0) is 11.1 Å². The van der Waals surface area contributed by atoms with Gasteiger partial charge >= 0.3 is 8.18 Å². The van der Waals surface area contributed by atoms with E-state index < -0.39 is 8.18 Å². The summed E-state index contributed by atoms with van der Waals surface area (Å²) in [4.78, 5) is 8.96. The number of allylic oxidation sites excluding steroid dienone is 2. The summed E-state index contributed by atoms with van der Waals surface area (Å²) in [6.07, 6.45) is 9.96. The van der Waals surface area contributed by atoms with Crippen molar-refractivity contribution in [1.29, 1.82) is 0 Å². The maximum atomic E-state index is 10.9. The number of benzene rings is 2. The molecule has 104 valence electrons. The van der Waals surface area contributed by atoms with Gasteiger partial charge in [0.25, 0.3) is 0 Å². The zero-order chi connectivity index (χ0) is 14.4. The van der Waals surface area contributed by atoms with Crippen LogP contribution < -0.4 is 5.09 Å². The van der Waals surface area contributed by atoms with E-state index in [1.165, 1.54) is 27.5 Å². The van der Waals surface area contributed by atoms with Crippen LogP contribution in [0.5, 0.6) is 0 Å². The Hall–Kier alpha value is -1.80. The summed E-state index contributed by atoms with van der Waals surface area (Å²) in [5.41, 5.74) is 5.01. The Balaban J connectivity index is 1.96. The molecule has 2 aromatic rings. The quantitative estimate of drug-likeness (QED) is 0.838. The van der Waals surface area contributed by atoms with Crippen molar-refractivity contribution < 1.29 is 9.46 Å². The third-order valence-electron chi connectivity index (χ3n) is 4.35. The molecule has 0 aromatic heterocycles. The number of hydrogen-bond acceptors (Lipinski definition) is 1. The van der Waals surface area contributed by atoms with E-state index in [4.69, 9.17) is 4.89 Å². The second kappa shape index (κ2) is 4.88. The van der Waals surface area contributed by atoms with Gasteiger partial charge < -0.3 is 0 Å². The average Bonchev–Trinajstić information content (AvgIpc) is 2.51. The lowest BCUT2D eigenvalue weighted by molar-refractivity contribution is 0.489. The second-order valence-corrected chi connectivity index (χ2v) is 6.38. The monoisotopic (exact) mass is 296 g/mol. The van der Waals surface area contributed by atoms with Gasteiger partial charge in [-0.2, -0.15) is 0 Å². The summed E-state index contributed by atoms with van der Waals surface area (Å²) in [6, 6.07) is 8.44. The van der Waals surface area contributed by atoms with Gasteiger partial charge in [-0.15, -0.1) is 4.89 Å². The van der Waals surface area contributed by atoms with Crippen LogP contribution in [0.4, 0.5) is 0 Å². The van der Waals surface area contributed by atoms with Crippen LogP contribution in [-0.4, -0.2) is 4.89 Å². The molecule has 0 fully saturated rings. The molecule has 0 saturated carbocycles. The minimum atomic E-state index is -2.32. The topological polar surface area (TPSA) is 49.3 Å². The van der Waals surface area contributed by atoms with Gasteiger partial charge in [0, 0.05) is 5.92 Å². The van der Waals surface area contributed by atoms with Crippen molar-refractivity contribution in [2.75, 3.05) is 0 Å². The van der Waals surface area contributed by atoms with Gasteiger partial charge in [-0.05, 0) is 44.0 Å². The highest BCUT2D eigenvalue weighted by molar-refractivity contribution is 7.35. The first-order valence-corrected chi connectivity index (χ1v) is 8.28. The fourth-order valence-electron chi connectivity index (χ4n) is 3.42. The first kappa shape index (κ1) is 12.9. The molecule has 0 amide bonds. The Morgan fingerprint density at radius 1 is 1.19 bits per heavy atom. The van der Waals surface area contributed by atoms with E-state index in [0.717, 1.165) is 12.0 Å². The van der Waals surface area contributed by atoms with Gasteiger partial charge in [-0.1, -0.05) is 53.7 Å². The van der Waals surface area contributed by atoms with E-state index in [1.54, 1.807) is 0 Å². The molecule has 0 heterocycles. The molecule has 4 heteroatoms. The lowest BCUT2D eigenvalue weighted by atomic mass is 9.78. The minimum absolute atomic E-state index is 0.408. The Labute approximate surface area is 123 Å². The Kier molecular flexibility index (Phi) is 3.00. The van der Waals surface area contributed by atoms with Crippen molar-refractivity contribution in [2.24, 2.45) is 0 Å². The van der Waals surface area contributed by atoms with Crippen LogP contribution in [0.15, 0.2) is 36.4 Å². The molecule has 4 rings (SSSR count). The van der Waals surface area contributed by atoms with Crippen molar-refractivity contribution in [3.05, 3.63) is 58.7 Å². The predicted molar refractivity (Wildman–Crippen MR) is 86.0 cm³/mol. The molecule has 0 aliphatic heterocycles. The van der Waals surface area contributed by atoms with Gasteiger partial charge in [-0.3, -0.25) is 0 Å². The molecule has 3 nitrogen and oxygen atoms in total. The van der Waals surface area contributed by atoms with Crippen LogP contribution >= 0.6 is 8.18 Å². The normalized spacial score (nSPS) is 19.1. The molecule has 2 N–H and O–H groups in total. The SMILES string of the molecule is O=[P+](O)NCc1ccc2c3c4c(ccc13)C=CC[C@@H]4C=C2. The van der Waals surface area contributed by atoms with Crippen molar-refractivity contribution in [3.63, 3.8) is 0 Å². The van der Waals surface area contributed by atoms with Crippen molar-refractivity contribution in [2.45, 2.75) is 18.9 Å². The van der Waals surface area contributed by atoms with Crippen molar-refractivity contribution in [1.82, 2.24) is 5.09 Å². The van der Waals surface area contributed by atoms with Crippen LogP contribution in [0.1, 0.15) is 34.6 Å².